The van der Waals surface area contributed by atoms with Crippen molar-refractivity contribution in [1.29, 1.82) is 0 Å². The highest BCUT2D eigenvalue weighted by molar-refractivity contribution is 5.87. The normalized spacial score (nSPS) is 11.6. The van der Waals surface area contributed by atoms with Crippen molar-refractivity contribution >= 4 is 33.7 Å². The molecule has 4 aromatic heterocycles. The molecule has 0 aromatic carbocycles. The molecule has 0 atom stereocenters. The fourth-order valence-electron chi connectivity index (χ4n) is 1.98. The molecule has 4 aromatic rings. The number of pyridine rings is 2. The number of fused-ring (bicyclic) bond motifs is 2. The highest BCUT2D eigenvalue weighted by atomic mass is 15.5. The molecule has 0 saturated carbocycles. The first-order valence-electron chi connectivity index (χ1n) is 6.17. The van der Waals surface area contributed by atoms with Crippen LogP contribution in [0, 0.1) is 0 Å². The van der Waals surface area contributed by atoms with Gasteiger partial charge in [-0.1, -0.05) is 5.22 Å². The molecule has 0 aliphatic carbocycles. The molecule has 3 N–H and O–H groups in total. The maximum atomic E-state index is 4.14. The van der Waals surface area contributed by atoms with Crippen LogP contribution in [0.2, 0.25) is 0 Å². The van der Waals surface area contributed by atoms with Gasteiger partial charge in [0.1, 0.15) is 0 Å². The lowest BCUT2D eigenvalue weighted by atomic mass is 10.3. The van der Waals surface area contributed by atoms with Gasteiger partial charge in [0.05, 0.1) is 10.8 Å². The van der Waals surface area contributed by atoms with Crippen molar-refractivity contribution in [3.63, 3.8) is 0 Å². The van der Waals surface area contributed by atoms with Crippen LogP contribution >= 0.6 is 0 Å². The number of hydrogen-bond acceptors (Lipinski definition) is 6. The predicted molar refractivity (Wildman–Crippen MR) is 75.9 cm³/mol. The minimum Gasteiger partial charge on any atom is -0.259 e. The lowest BCUT2D eigenvalue weighted by Crippen LogP contribution is -1.87. The van der Waals surface area contributed by atoms with Gasteiger partial charge in [0.25, 0.3) is 0 Å². The number of nitrogens with one attached hydrogen (secondary N) is 3. The van der Waals surface area contributed by atoms with E-state index in [9.17, 15) is 0 Å². The van der Waals surface area contributed by atoms with Gasteiger partial charge in [-0.2, -0.15) is 10.2 Å². The summed E-state index contributed by atoms with van der Waals surface area (Å²) in [6.45, 7) is 0. The molecule has 0 saturated heterocycles. The second kappa shape index (κ2) is 4.63. The van der Waals surface area contributed by atoms with Crippen LogP contribution in [0.5, 0.6) is 0 Å². The fraction of sp³-hybridized carbons (Fsp3) is 0. The first-order valence-corrected chi connectivity index (χ1v) is 6.17. The topological polar surface area (TPSA) is 120 Å². The minimum absolute atomic E-state index is 0.462. The van der Waals surface area contributed by atoms with Crippen LogP contribution in [0.25, 0.3) is 22.1 Å². The average molecular weight is 279 g/mol. The molecule has 0 aliphatic rings. The van der Waals surface area contributed by atoms with E-state index in [-0.39, 0.29) is 0 Å². The Morgan fingerprint density at radius 1 is 0.905 bits per heavy atom. The maximum Gasteiger partial charge on any atom is 0.206 e. The first kappa shape index (κ1) is 11.5. The summed E-state index contributed by atoms with van der Waals surface area (Å²) in [6.07, 6.45) is 3.37. The summed E-state index contributed by atoms with van der Waals surface area (Å²) in [4.78, 5) is 8.28. The zero-order valence-electron chi connectivity index (χ0n) is 10.6. The number of hydrogen-bond donors (Lipinski definition) is 3. The van der Waals surface area contributed by atoms with E-state index < -0.39 is 0 Å². The van der Waals surface area contributed by atoms with Gasteiger partial charge in [0.2, 0.25) is 5.82 Å². The third-order valence-corrected chi connectivity index (χ3v) is 2.95. The van der Waals surface area contributed by atoms with Gasteiger partial charge >= 0.3 is 0 Å². The van der Waals surface area contributed by atoms with Crippen molar-refractivity contribution in [2.45, 2.75) is 0 Å². The first-order chi connectivity index (χ1) is 10.4. The Hall–Kier alpha value is -3.36. The molecular weight excluding hydrogens is 270 g/mol. The third kappa shape index (κ3) is 1.96. The number of aromatic nitrogens is 6. The smallest absolute Gasteiger partial charge is 0.206 e. The summed E-state index contributed by atoms with van der Waals surface area (Å²) < 4.78 is 0. The molecule has 21 heavy (non-hydrogen) atoms. The fourth-order valence-corrected chi connectivity index (χ4v) is 1.98. The monoisotopic (exact) mass is 279 g/mol. The molecule has 4 rings (SSSR count). The maximum absolute atomic E-state index is 4.14. The lowest BCUT2D eigenvalue weighted by molar-refractivity contribution is 1.02. The highest BCUT2D eigenvalue weighted by Crippen LogP contribution is 2.22. The van der Waals surface area contributed by atoms with E-state index in [1.165, 1.54) is 0 Å². The molecule has 0 aliphatic heterocycles. The van der Waals surface area contributed by atoms with E-state index in [1.54, 1.807) is 12.4 Å². The molecule has 0 fully saturated rings. The quantitative estimate of drug-likeness (QED) is 0.392. The second-order valence-electron chi connectivity index (χ2n) is 4.23. The van der Waals surface area contributed by atoms with Crippen molar-refractivity contribution in [3.8, 4) is 0 Å². The van der Waals surface area contributed by atoms with Gasteiger partial charge < -0.3 is 0 Å². The predicted octanol–water partition coefficient (Wildman–Crippen LogP) is 2.34. The van der Waals surface area contributed by atoms with Gasteiger partial charge in [0.15, 0.2) is 17.1 Å². The van der Waals surface area contributed by atoms with Crippen LogP contribution in [-0.4, -0.2) is 30.4 Å². The van der Waals surface area contributed by atoms with Crippen LogP contribution in [-0.2, 0) is 0 Å². The van der Waals surface area contributed by atoms with E-state index in [1.807, 2.05) is 24.3 Å². The number of nitrogens with zero attached hydrogens (tertiary/aromatic N) is 6. The molecular formula is C12H9N9. The van der Waals surface area contributed by atoms with Crippen LogP contribution in [0.1, 0.15) is 0 Å². The molecule has 0 radical (unpaired) electrons. The summed E-state index contributed by atoms with van der Waals surface area (Å²) in [5.74, 6) is 1.02. The number of anilines is 1. The molecule has 0 unspecified atom stereocenters. The second-order valence-corrected chi connectivity index (χ2v) is 4.23. The largest absolute Gasteiger partial charge is 0.259 e. The summed E-state index contributed by atoms with van der Waals surface area (Å²) in [6, 6.07) is 7.40. The van der Waals surface area contributed by atoms with E-state index in [4.69, 9.17) is 0 Å². The third-order valence-electron chi connectivity index (χ3n) is 2.95. The minimum atomic E-state index is 0.462. The van der Waals surface area contributed by atoms with Crippen LogP contribution in [0.3, 0.4) is 0 Å². The SMILES string of the molecule is c1cnc2[nH]nc(N=NNc3n[nH]c4ncccc34)c2c1. The standard InChI is InChI=1S/C12H9N9/c1-3-7-9(13-5-1)15-17-11(7)19-21-20-12-8-4-2-6-14-10(8)16-18-12/h1-6H,(H3,13,14,15,16,17,18,19,20). The Morgan fingerprint density at radius 3 is 2.48 bits per heavy atom. The van der Waals surface area contributed by atoms with Crippen LogP contribution < -0.4 is 5.43 Å². The zero-order chi connectivity index (χ0) is 14.1. The van der Waals surface area contributed by atoms with Crippen molar-refractivity contribution in [2.75, 3.05) is 5.43 Å². The van der Waals surface area contributed by atoms with E-state index in [2.05, 4.69) is 46.1 Å². The Kier molecular flexibility index (Phi) is 2.53. The molecule has 9 nitrogen and oxygen atoms in total. The van der Waals surface area contributed by atoms with Gasteiger partial charge in [-0.25, -0.2) is 15.4 Å². The Bertz CT molecular complexity index is 936. The van der Waals surface area contributed by atoms with Crippen molar-refractivity contribution in [3.05, 3.63) is 36.7 Å². The van der Waals surface area contributed by atoms with Crippen molar-refractivity contribution in [1.82, 2.24) is 30.4 Å². The lowest BCUT2D eigenvalue weighted by Gasteiger charge is -1.93. The summed E-state index contributed by atoms with van der Waals surface area (Å²) in [5.41, 5.74) is 4.12. The summed E-state index contributed by atoms with van der Waals surface area (Å²) in [7, 11) is 0. The zero-order valence-corrected chi connectivity index (χ0v) is 10.6. The number of aromatic amines is 2. The van der Waals surface area contributed by atoms with E-state index >= 15 is 0 Å². The molecule has 0 spiro atoms. The van der Waals surface area contributed by atoms with Gasteiger partial charge in [-0.15, -0.1) is 5.11 Å². The van der Waals surface area contributed by atoms with Gasteiger partial charge in [-0.05, 0) is 24.3 Å². The van der Waals surface area contributed by atoms with Gasteiger partial charge in [-0.3, -0.25) is 10.2 Å². The average Bonchev–Trinajstić information content (AvgIpc) is 3.13. The van der Waals surface area contributed by atoms with Crippen molar-refractivity contribution in [2.24, 2.45) is 10.3 Å². The van der Waals surface area contributed by atoms with Crippen molar-refractivity contribution < 1.29 is 0 Å². The van der Waals surface area contributed by atoms with Crippen LogP contribution in [0.15, 0.2) is 47.0 Å². The molecule has 0 amide bonds. The number of H-pyrrole nitrogens is 2. The Morgan fingerprint density at radius 2 is 1.62 bits per heavy atom. The van der Waals surface area contributed by atoms with Crippen LogP contribution in [0.4, 0.5) is 11.6 Å². The van der Waals surface area contributed by atoms with Gasteiger partial charge in [0, 0.05) is 12.4 Å². The summed E-state index contributed by atoms with van der Waals surface area (Å²) >= 11 is 0. The van der Waals surface area contributed by atoms with E-state index in [0.29, 0.717) is 22.9 Å². The molecule has 9 heteroatoms. The number of rotatable bonds is 3. The van der Waals surface area contributed by atoms with E-state index in [0.717, 1.165) is 10.8 Å². The molecule has 4 heterocycles. The molecule has 0 bridgehead atoms. The Labute approximate surface area is 117 Å². The summed E-state index contributed by atoms with van der Waals surface area (Å²) in [5, 5.41) is 23.3. The molecule has 102 valence electrons. The Balaban J connectivity index is 1.61. The highest BCUT2D eigenvalue weighted by Gasteiger charge is 2.06.